The lowest BCUT2D eigenvalue weighted by molar-refractivity contribution is -0.139. The zero-order valence-corrected chi connectivity index (χ0v) is 31.4. The Morgan fingerprint density at radius 2 is 1.22 bits per heavy atom. The van der Waals surface area contributed by atoms with E-state index in [1.807, 2.05) is 0 Å². The van der Waals surface area contributed by atoms with Gasteiger partial charge in [0, 0.05) is 30.3 Å². The number of benzene rings is 2. The van der Waals surface area contributed by atoms with Gasteiger partial charge in [-0.3, -0.25) is 0 Å². The molecule has 0 aromatic heterocycles. The van der Waals surface area contributed by atoms with Gasteiger partial charge in [-0.25, -0.2) is 9.59 Å². The number of carbonyl (C=O) groups is 2. The average Bonchev–Trinajstić information content (AvgIpc) is 3.14. The van der Waals surface area contributed by atoms with Crippen LogP contribution < -0.4 is 4.74 Å². The zero-order chi connectivity index (χ0) is 36.8. The minimum absolute atomic E-state index is 0.113. The van der Waals surface area contributed by atoms with Gasteiger partial charge in [-0.15, -0.1) is 0 Å². The Morgan fingerprint density at radius 3 is 1.69 bits per heavy atom. The van der Waals surface area contributed by atoms with Gasteiger partial charge in [0.2, 0.25) is 0 Å². The molecule has 2 aromatic rings. The Morgan fingerprint density at radius 1 is 0.725 bits per heavy atom. The van der Waals surface area contributed by atoms with Gasteiger partial charge < -0.3 is 24.4 Å². The van der Waals surface area contributed by atoms with Crippen molar-refractivity contribution in [1.29, 1.82) is 0 Å². The Bertz CT molecular complexity index is 1370. The van der Waals surface area contributed by atoms with Crippen LogP contribution in [0.1, 0.15) is 114 Å². The molecule has 2 aliphatic carbocycles. The number of aliphatic hydroxyl groups is 2. The van der Waals surface area contributed by atoms with Crippen LogP contribution in [0.25, 0.3) is 11.1 Å². The van der Waals surface area contributed by atoms with Crippen LogP contribution in [0.2, 0.25) is 0 Å². The smallest absolute Gasteiger partial charge is 0.333 e. The molecule has 7 heteroatoms. The molecule has 2 aromatic carbocycles. The normalized spacial score (nSPS) is 20.5. The number of ether oxygens (including phenoxy) is 3. The van der Waals surface area contributed by atoms with Crippen molar-refractivity contribution >= 4 is 11.9 Å². The maximum Gasteiger partial charge on any atom is 0.333 e. The van der Waals surface area contributed by atoms with Crippen LogP contribution in [0.15, 0.2) is 60.7 Å². The van der Waals surface area contributed by atoms with Crippen LogP contribution in [0.5, 0.6) is 5.75 Å². The van der Waals surface area contributed by atoms with Crippen molar-refractivity contribution in [3.63, 3.8) is 0 Å². The summed E-state index contributed by atoms with van der Waals surface area (Å²) in [4.78, 5) is 24.1. The molecule has 0 unspecified atom stereocenters. The number of hydrogen-bond acceptors (Lipinski definition) is 7. The number of aliphatic hydroxyl groups excluding tert-OH is 2. The molecule has 0 heterocycles. The van der Waals surface area contributed by atoms with E-state index < -0.39 is 11.9 Å². The van der Waals surface area contributed by atoms with Gasteiger partial charge in [0.05, 0.1) is 19.8 Å². The summed E-state index contributed by atoms with van der Waals surface area (Å²) in [6, 6.07) is 13.4. The third kappa shape index (κ3) is 12.3. The lowest BCUT2D eigenvalue weighted by Crippen LogP contribution is -2.24. The van der Waals surface area contributed by atoms with Gasteiger partial charge in [0.15, 0.2) is 0 Å². The van der Waals surface area contributed by atoms with Gasteiger partial charge in [0.1, 0.15) is 5.75 Å². The summed E-state index contributed by atoms with van der Waals surface area (Å²) in [7, 11) is 0. The van der Waals surface area contributed by atoms with Crippen LogP contribution >= 0.6 is 0 Å². The first kappa shape index (κ1) is 40.4. The number of esters is 2. The predicted molar refractivity (Wildman–Crippen MR) is 204 cm³/mol. The first-order chi connectivity index (χ1) is 24.6. The van der Waals surface area contributed by atoms with E-state index in [-0.39, 0.29) is 32.3 Å². The molecular formula is C44H62O7. The molecular weight excluding hydrogens is 640 g/mol. The predicted octanol–water partition coefficient (Wildman–Crippen LogP) is 8.93. The highest BCUT2D eigenvalue weighted by atomic mass is 16.5. The number of carbonyl (C=O) groups excluding carboxylic acids is 2. The molecule has 7 nitrogen and oxygen atoms in total. The van der Waals surface area contributed by atoms with E-state index in [0.717, 1.165) is 45.8 Å². The second-order valence-corrected chi connectivity index (χ2v) is 15.3. The highest BCUT2D eigenvalue weighted by Crippen LogP contribution is 2.44. The molecule has 2 saturated carbocycles. The quantitative estimate of drug-likeness (QED) is 0.0856. The molecule has 2 aliphatic rings. The second-order valence-electron chi connectivity index (χ2n) is 15.3. The fraction of sp³-hybridized carbons (Fsp3) is 0.591. The van der Waals surface area contributed by atoms with Gasteiger partial charge in [-0.2, -0.15) is 0 Å². The summed E-state index contributed by atoms with van der Waals surface area (Å²) in [5.41, 5.74) is 6.36. The molecule has 2 N–H and O–H groups in total. The van der Waals surface area contributed by atoms with Crippen molar-refractivity contribution < 1.29 is 34.0 Å². The van der Waals surface area contributed by atoms with E-state index in [4.69, 9.17) is 14.2 Å². The van der Waals surface area contributed by atoms with Gasteiger partial charge >= 0.3 is 11.9 Å². The molecule has 0 amide bonds. The molecule has 0 atom stereocenters. The van der Waals surface area contributed by atoms with E-state index in [1.165, 1.54) is 56.9 Å². The Kier molecular flexibility index (Phi) is 16.3. The Labute approximate surface area is 306 Å². The highest BCUT2D eigenvalue weighted by Gasteiger charge is 2.30. The average molecular weight is 703 g/mol. The summed E-state index contributed by atoms with van der Waals surface area (Å²) >= 11 is 0. The summed E-state index contributed by atoms with van der Waals surface area (Å²) in [6.45, 7) is 13.7. The molecule has 4 rings (SSSR count). The van der Waals surface area contributed by atoms with Crippen molar-refractivity contribution in [3.8, 4) is 16.9 Å². The molecule has 0 bridgehead atoms. The Hall–Kier alpha value is -3.42. The largest absolute Gasteiger partial charge is 0.493 e. The minimum Gasteiger partial charge on any atom is -0.493 e. The molecule has 0 saturated heterocycles. The van der Waals surface area contributed by atoms with E-state index in [1.54, 1.807) is 13.8 Å². The van der Waals surface area contributed by atoms with Crippen LogP contribution in [0.3, 0.4) is 0 Å². The molecule has 2 fully saturated rings. The third-order valence-corrected chi connectivity index (χ3v) is 11.1. The van der Waals surface area contributed by atoms with Crippen molar-refractivity contribution in [3.05, 3.63) is 77.4 Å². The lowest BCUT2D eigenvalue weighted by Gasteiger charge is -2.37. The number of rotatable bonds is 19. The summed E-state index contributed by atoms with van der Waals surface area (Å²) in [5, 5.41) is 19.2. The minimum atomic E-state index is -0.401. The summed E-state index contributed by atoms with van der Waals surface area (Å²) in [5.74, 6) is 3.05. The van der Waals surface area contributed by atoms with Crippen LogP contribution in [0.4, 0.5) is 0 Å². The van der Waals surface area contributed by atoms with Crippen molar-refractivity contribution in [2.24, 2.45) is 23.7 Å². The van der Waals surface area contributed by atoms with Gasteiger partial charge in [-0.1, -0.05) is 57.2 Å². The summed E-state index contributed by atoms with van der Waals surface area (Å²) < 4.78 is 17.2. The SMILES string of the molecule is C=C(C)C(=O)OCCCc1cc(-c2ccc(C3CCC(C4CCC(C)CC4)CC3)cc2)cc(CCCOC(=O)C(=C)C)c1OCCC(CO)CO. The number of hydrogen-bond donors (Lipinski definition) is 2. The second kappa shape index (κ2) is 20.6. The van der Waals surface area contributed by atoms with Crippen LogP contribution in [0, 0.1) is 23.7 Å². The first-order valence-corrected chi connectivity index (χ1v) is 19.3. The van der Waals surface area contributed by atoms with Crippen molar-refractivity contribution in [2.45, 2.75) is 110 Å². The van der Waals surface area contributed by atoms with Crippen LogP contribution in [-0.2, 0) is 31.9 Å². The van der Waals surface area contributed by atoms with E-state index in [2.05, 4.69) is 56.5 Å². The van der Waals surface area contributed by atoms with E-state index in [9.17, 15) is 19.8 Å². The molecule has 280 valence electrons. The summed E-state index contributed by atoms with van der Waals surface area (Å²) in [6.07, 6.45) is 13.8. The van der Waals surface area contributed by atoms with E-state index >= 15 is 0 Å². The van der Waals surface area contributed by atoms with Gasteiger partial charge in [0.25, 0.3) is 0 Å². The molecule has 0 aliphatic heterocycles. The first-order valence-electron chi connectivity index (χ1n) is 19.3. The van der Waals surface area contributed by atoms with Gasteiger partial charge in [-0.05, 0) is 148 Å². The number of aryl methyl sites for hydroxylation is 2. The molecule has 0 radical (unpaired) electrons. The lowest BCUT2D eigenvalue weighted by atomic mass is 9.68. The van der Waals surface area contributed by atoms with E-state index in [0.29, 0.717) is 55.8 Å². The zero-order valence-electron chi connectivity index (χ0n) is 31.4. The topological polar surface area (TPSA) is 102 Å². The maximum absolute atomic E-state index is 12.0. The fourth-order valence-electron chi connectivity index (χ4n) is 7.78. The monoisotopic (exact) mass is 702 g/mol. The molecule has 51 heavy (non-hydrogen) atoms. The fourth-order valence-corrected chi connectivity index (χ4v) is 7.78. The highest BCUT2D eigenvalue weighted by molar-refractivity contribution is 5.87. The molecule has 0 spiro atoms. The maximum atomic E-state index is 12.0. The third-order valence-electron chi connectivity index (χ3n) is 11.1. The van der Waals surface area contributed by atoms with Crippen molar-refractivity contribution in [1.82, 2.24) is 0 Å². The van der Waals surface area contributed by atoms with Crippen LogP contribution in [-0.4, -0.2) is 55.2 Å². The standard InChI is InChI=1S/C44H62O7/c1-30(2)43(47)50-23-6-8-39-26-41(27-40(9-7-24-51-44(48)31(3)4)42(39)49-25-22-33(28-45)29-46)38-20-18-37(19-21-38)36-16-14-35(15-17-36)34-12-10-32(5)11-13-34/h18-21,26-27,32-36,45-46H,1,3,6-17,22-25,28-29H2,2,4-5H3. The van der Waals surface area contributed by atoms with Crippen molar-refractivity contribution in [2.75, 3.05) is 33.0 Å². The Balaban J connectivity index is 1.54.